The van der Waals surface area contributed by atoms with Crippen molar-refractivity contribution in [2.75, 3.05) is 11.9 Å². The van der Waals surface area contributed by atoms with Gasteiger partial charge in [-0.05, 0) is 26.3 Å². The van der Waals surface area contributed by atoms with Crippen LogP contribution in [0.25, 0.3) is 0 Å². The van der Waals surface area contributed by atoms with E-state index in [4.69, 9.17) is 0 Å². The van der Waals surface area contributed by atoms with Gasteiger partial charge in [0.15, 0.2) is 6.04 Å². The van der Waals surface area contributed by atoms with Crippen LogP contribution in [0, 0.1) is 6.92 Å². The van der Waals surface area contributed by atoms with Crippen molar-refractivity contribution in [2.24, 2.45) is 0 Å². The first kappa shape index (κ1) is 24.6. The van der Waals surface area contributed by atoms with Crippen LogP contribution in [-0.4, -0.2) is 43.9 Å². The Hall–Kier alpha value is -3.47. The van der Waals surface area contributed by atoms with Gasteiger partial charge in [0.25, 0.3) is 5.91 Å². The van der Waals surface area contributed by atoms with Crippen LogP contribution in [0.5, 0.6) is 0 Å². The highest BCUT2D eigenvalue weighted by Crippen LogP contribution is 2.44. The maximum Gasteiger partial charge on any atom is 0.410 e. The van der Waals surface area contributed by atoms with E-state index in [0.29, 0.717) is 18.7 Å². The number of fused-ring (bicyclic) bond motifs is 1. The van der Waals surface area contributed by atoms with E-state index in [1.165, 1.54) is 6.20 Å². The molecule has 2 atom stereocenters. The lowest BCUT2D eigenvalue weighted by Gasteiger charge is -2.34. The van der Waals surface area contributed by atoms with Gasteiger partial charge in [0, 0.05) is 37.4 Å². The number of benzene rings is 1. The Labute approximate surface area is 201 Å². The lowest BCUT2D eigenvalue weighted by Crippen LogP contribution is -2.50. The van der Waals surface area contributed by atoms with Gasteiger partial charge in [0.05, 0.1) is 23.6 Å². The maximum atomic E-state index is 13.9. The molecule has 1 aliphatic heterocycles. The summed E-state index contributed by atoms with van der Waals surface area (Å²) in [6, 6.07) is 6.44. The lowest BCUT2D eigenvalue weighted by molar-refractivity contribution is -0.173. The minimum absolute atomic E-state index is 0.0589. The highest BCUT2D eigenvalue weighted by atomic mass is 19.4. The predicted molar refractivity (Wildman–Crippen MR) is 125 cm³/mol. The minimum Gasteiger partial charge on any atom is -0.363 e. The van der Waals surface area contributed by atoms with E-state index < -0.39 is 29.7 Å². The maximum absolute atomic E-state index is 13.9. The van der Waals surface area contributed by atoms with Crippen molar-refractivity contribution in [1.82, 2.24) is 30.4 Å². The third-order valence-electron chi connectivity index (χ3n) is 5.84. The van der Waals surface area contributed by atoms with E-state index in [9.17, 15) is 18.0 Å². The molecule has 8 nitrogen and oxygen atoms in total. The van der Waals surface area contributed by atoms with Crippen molar-refractivity contribution in [3.05, 3.63) is 71.4 Å². The molecule has 35 heavy (non-hydrogen) atoms. The van der Waals surface area contributed by atoms with E-state index in [-0.39, 0.29) is 17.8 Å². The fourth-order valence-electron chi connectivity index (χ4n) is 4.07. The van der Waals surface area contributed by atoms with Gasteiger partial charge in [-0.25, -0.2) is 4.68 Å². The number of rotatable bonds is 7. The first-order chi connectivity index (χ1) is 16.5. The smallest absolute Gasteiger partial charge is 0.363 e. The van der Waals surface area contributed by atoms with Crippen LogP contribution >= 0.6 is 0 Å². The minimum atomic E-state index is -4.51. The van der Waals surface area contributed by atoms with Crippen molar-refractivity contribution >= 4 is 11.7 Å². The van der Waals surface area contributed by atoms with E-state index in [0.717, 1.165) is 16.1 Å². The van der Waals surface area contributed by atoms with Crippen molar-refractivity contribution in [1.29, 1.82) is 0 Å². The standard InChI is InChI=1S/C24H28F3N7O/c1-15-10-30-17(12-29-15)11-28-14-23(2,3)33-22(35)18-13-31-34-20(24(25,26)27)9-19(32-21(18)34)16-7-5-4-6-8-16/h4-8,10,12-13,19-20,28,32H,9,11,14H2,1-3H3,(H,33,35)/t19-,20+/m1/s1. The topological polar surface area (TPSA) is 96.8 Å². The molecule has 11 heteroatoms. The van der Waals surface area contributed by atoms with E-state index in [1.54, 1.807) is 42.7 Å². The van der Waals surface area contributed by atoms with Gasteiger partial charge in [-0.15, -0.1) is 0 Å². The molecule has 3 heterocycles. The summed E-state index contributed by atoms with van der Waals surface area (Å²) in [5.74, 6) is -0.445. The first-order valence-electron chi connectivity index (χ1n) is 11.3. The molecule has 3 aromatic rings. The van der Waals surface area contributed by atoms with Gasteiger partial charge in [0.2, 0.25) is 0 Å². The number of amides is 1. The van der Waals surface area contributed by atoms with Gasteiger partial charge in [-0.3, -0.25) is 14.8 Å². The second kappa shape index (κ2) is 9.65. The molecule has 4 rings (SSSR count). The van der Waals surface area contributed by atoms with Crippen molar-refractivity contribution in [3.63, 3.8) is 0 Å². The first-order valence-corrected chi connectivity index (χ1v) is 11.3. The average molecular weight is 488 g/mol. The highest BCUT2D eigenvalue weighted by Gasteiger charge is 2.47. The zero-order valence-corrected chi connectivity index (χ0v) is 19.7. The SMILES string of the molecule is Cc1cnc(CNCC(C)(C)NC(=O)c2cnn3c2N[C@@H](c2ccccc2)C[C@H]3C(F)(F)F)cn1. The molecule has 0 unspecified atom stereocenters. The number of aryl methyl sites for hydroxylation is 1. The second-order valence-electron chi connectivity index (χ2n) is 9.34. The summed E-state index contributed by atoms with van der Waals surface area (Å²) in [4.78, 5) is 21.6. The van der Waals surface area contributed by atoms with Gasteiger partial charge in [0.1, 0.15) is 11.4 Å². The van der Waals surface area contributed by atoms with Gasteiger partial charge in [-0.2, -0.15) is 18.3 Å². The number of hydrogen-bond donors (Lipinski definition) is 3. The van der Waals surface area contributed by atoms with E-state index in [1.807, 2.05) is 20.8 Å². The summed E-state index contributed by atoms with van der Waals surface area (Å²) in [7, 11) is 0. The highest BCUT2D eigenvalue weighted by molar-refractivity contribution is 5.99. The Morgan fingerprint density at radius 2 is 1.89 bits per heavy atom. The molecule has 0 radical (unpaired) electrons. The van der Waals surface area contributed by atoms with Crippen molar-refractivity contribution < 1.29 is 18.0 Å². The summed E-state index contributed by atoms with van der Waals surface area (Å²) in [5.41, 5.74) is 1.67. The van der Waals surface area contributed by atoms with Crippen LogP contribution in [0.1, 0.15) is 59.7 Å². The Bertz CT molecular complexity index is 1160. The van der Waals surface area contributed by atoms with Gasteiger partial charge in [-0.1, -0.05) is 30.3 Å². The van der Waals surface area contributed by atoms with Crippen molar-refractivity contribution in [2.45, 2.75) is 57.5 Å². The van der Waals surface area contributed by atoms with E-state index in [2.05, 4.69) is 31.0 Å². The molecule has 2 aromatic heterocycles. The molecule has 0 spiro atoms. The average Bonchev–Trinajstić information content (AvgIpc) is 3.23. The summed E-state index contributed by atoms with van der Waals surface area (Å²) in [6.07, 6.45) is -0.183. The number of anilines is 1. The second-order valence-corrected chi connectivity index (χ2v) is 9.34. The number of aromatic nitrogens is 4. The molecule has 1 aliphatic rings. The lowest BCUT2D eigenvalue weighted by atomic mass is 9.96. The summed E-state index contributed by atoms with van der Waals surface area (Å²) >= 11 is 0. The molecule has 0 fully saturated rings. The monoisotopic (exact) mass is 487 g/mol. The summed E-state index contributed by atoms with van der Waals surface area (Å²) in [5, 5.41) is 13.2. The molecule has 0 saturated heterocycles. The normalized spacial score (nSPS) is 18.0. The zero-order chi connectivity index (χ0) is 25.2. The van der Waals surface area contributed by atoms with Crippen LogP contribution in [-0.2, 0) is 6.54 Å². The largest absolute Gasteiger partial charge is 0.410 e. The Morgan fingerprint density at radius 3 is 2.54 bits per heavy atom. The number of alkyl halides is 3. The molecule has 186 valence electrons. The van der Waals surface area contributed by atoms with Crippen LogP contribution in [0.15, 0.2) is 48.9 Å². The van der Waals surface area contributed by atoms with Crippen LogP contribution in [0.4, 0.5) is 19.0 Å². The molecule has 0 saturated carbocycles. The van der Waals surface area contributed by atoms with Gasteiger partial charge < -0.3 is 16.0 Å². The number of nitrogens with one attached hydrogen (secondary N) is 3. The third kappa shape index (κ3) is 5.79. The van der Waals surface area contributed by atoms with Crippen molar-refractivity contribution in [3.8, 4) is 0 Å². The Morgan fingerprint density at radius 1 is 1.14 bits per heavy atom. The number of hydrogen-bond acceptors (Lipinski definition) is 6. The number of halogens is 3. The number of carbonyl (C=O) groups is 1. The molecule has 1 aromatic carbocycles. The van der Waals surface area contributed by atoms with Crippen LogP contribution in [0.2, 0.25) is 0 Å². The number of carbonyl (C=O) groups excluding carboxylic acids is 1. The summed E-state index contributed by atoms with van der Waals surface area (Å²) < 4.78 is 42.5. The summed E-state index contributed by atoms with van der Waals surface area (Å²) in [6.45, 7) is 6.37. The Balaban J connectivity index is 1.49. The fourth-order valence-corrected chi connectivity index (χ4v) is 4.07. The van der Waals surface area contributed by atoms with Crippen LogP contribution in [0.3, 0.4) is 0 Å². The predicted octanol–water partition coefficient (Wildman–Crippen LogP) is 3.94. The van der Waals surface area contributed by atoms with E-state index >= 15 is 0 Å². The molecule has 0 bridgehead atoms. The molecule has 1 amide bonds. The fraction of sp³-hybridized carbons (Fsp3) is 0.417. The molecule has 0 aliphatic carbocycles. The quantitative estimate of drug-likeness (QED) is 0.467. The molecule has 3 N–H and O–H groups in total. The Kier molecular flexibility index (Phi) is 6.79. The molecular formula is C24H28F3N7O. The number of nitrogens with zero attached hydrogens (tertiary/aromatic N) is 4. The van der Waals surface area contributed by atoms with Gasteiger partial charge >= 0.3 is 6.18 Å². The third-order valence-corrected chi connectivity index (χ3v) is 5.84. The van der Waals surface area contributed by atoms with Crippen LogP contribution < -0.4 is 16.0 Å². The zero-order valence-electron chi connectivity index (χ0n) is 19.7. The molecular weight excluding hydrogens is 459 g/mol.